The van der Waals surface area contributed by atoms with Gasteiger partial charge < -0.3 is 0 Å². The molecule has 0 unspecified atom stereocenters. The van der Waals surface area contributed by atoms with E-state index in [2.05, 4.69) is 9.98 Å². The van der Waals surface area contributed by atoms with Crippen LogP contribution in [0.25, 0.3) is 0 Å². The molecule has 0 N–H and O–H groups in total. The number of rotatable bonds is 5. The standard InChI is InChI=1S/C17H14N2O2/c1-2-15-10-14(5-8-17(15)19-12-21)9-13-3-6-16(7-4-13)18-11-20/h3-8,10H,2,9H2,1H3. The maximum absolute atomic E-state index is 10.4. The molecule has 4 nitrogen and oxygen atoms in total. The van der Waals surface area contributed by atoms with Crippen molar-refractivity contribution in [2.45, 2.75) is 19.8 Å². The molecule has 0 spiro atoms. The molecular formula is C17H14N2O2. The van der Waals surface area contributed by atoms with E-state index in [-0.39, 0.29) is 0 Å². The van der Waals surface area contributed by atoms with E-state index < -0.39 is 0 Å². The summed E-state index contributed by atoms with van der Waals surface area (Å²) in [4.78, 5) is 27.8. The second-order valence-electron chi connectivity index (χ2n) is 4.57. The van der Waals surface area contributed by atoms with Crippen molar-refractivity contribution < 1.29 is 9.59 Å². The van der Waals surface area contributed by atoms with Gasteiger partial charge in [0, 0.05) is 0 Å². The van der Waals surface area contributed by atoms with Gasteiger partial charge in [-0.25, -0.2) is 9.59 Å². The van der Waals surface area contributed by atoms with Gasteiger partial charge in [-0.05, 0) is 47.7 Å². The molecule has 0 saturated heterocycles. The quantitative estimate of drug-likeness (QED) is 0.617. The highest BCUT2D eigenvalue weighted by Crippen LogP contribution is 2.23. The normalized spacial score (nSPS) is 9.57. The molecule has 0 bridgehead atoms. The van der Waals surface area contributed by atoms with Gasteiger partial charge in [0.1, 0.15) is 0 Å². The first kappa shape index (κ1) is 14.6. The van der Waals surface area contributed by atoms with Gasteiger partial charge >= 0.3 is 0 Å². The van der Waals surface area contributed by atoms with Gasteiger partial charge in [-0.2, -0.15) is 9.98 Å². The molecule has 0 aromatic heterocycles. The molecule has 2 aromatic carbocycles. The summed E-state index contributed by atoms with van der Waals surface area (Å²) >= 11 is 0. The maximum atomic E-state index is 10.4. The summed E-state index contributed by atoms with van der Waals surface area (Å²) in [5, 5.41) is 0. The lowest BCUT2D eigenvalue weighted by Gasteiger charge is -2.07. The first-order chi connectivity index (χ1) is 10.3. The molecule has 21 heavy (non-hydrogen) atoms. The van der Waals surface area contributed by atoms with Crippen LogP contribution in [0.15, 0.2) is 52.4 Å². The lowest BCUT2D eigenvalue weighted by molar-refractivity contribution is 0.564. The fourth-order valence-corrected chi connectivity index (χ4v) is 2.17. The van der Waals surface area contributed by atoms with E-state index in [1.54, 1.807) is 18.2 Å². The molecule has 0 aliphatic heterocycles. The predicted octanol–water partition coefficient (Wildman–Crippen LogP) is 3.77. The van der Waals surface area contributed by atoms with Gasteiger partial charge in [0.2, 0.25) is 12.2 Å². The number of hydrogen-bond acceptors (Lipinski definition) is 4. The largest absolute Gasteiger partial charge is 0.240 e. The summed E-state index contributed by atoms with van der Waals surface area (Å²) in [6.45, 7) is 2.02. The Morgan fingerprint density at radius 1 is 0.905 bits per heavy atom. The van der Waals surface area contributed by atoms with Crippen LogP contribution in [0.5, 0.6) is 0 Å². The monoisotopic (exact) mass is 278 g/mol. The first-order valence-electron chi connectivity index (χ1n) is 6.63. The average Bonchev–Trinajstić information content (AvgIpc) is 2.51. The van der Waals surface area contributed by atoms with Crippen LogP contribution in [-0.4, -0.2) is 12.2 Å². The molecule has 0 aliphatic carbocycles. The van der Waals surface area contributed by atoms with Gasteiger partial charge in [-0.15, -0.1) is 0 Å². The molecule has 0 atom stereocenters. The summed E-state index contributed by atoms with van der Waals surface area (Å²) in [5.74, 6) is 0. The highest BCUT2D eigenvalue weighted by molar-refractivity contribution is 5.55. The van der Waals surface area contributed by atoms with Crippen molar-refractivity contribution in [2.75, 3.05) is 0 Å². The van der Waals surface area contributed by atoms with Crippen LogP contribution in [-0.2, 0) is 22.4 Å². The second-order valence-corrected chi connectivity index (χ2v) is 4.57. The minimum atomic E-state index is 0.596. The average molecular weight is 278 g/mol. The smallest absolute Gasteiger partial charge is 0.211 e. The highest BCUT2D eigenvalue weighted by atomic mass is 16.1. The Bertz CT molecular complexity index is 723. The first-order valence-corrected chi connectivity index (χ1v) is 6.63. The Hall–Kier alpha value is -2.80. The number of nitrogens with zero attached hydrogens (tertiary/aromatic N) is 2. The molecule has 0 fully saturated rings. The third-order valence-electron chi connectivity index (χ3n) is 3.21. The molecular weight excluding hydrogens is 264 g/mol. The van der Waals surface area contributed by atoms with Crippen LogP contribution in [0.4, 0.5) is 11.4 Å². The van der Waals surface area contributed by atoms with Crippen LogP contribution in [0.3, 0.4) is 0 Å². The number of aryl methyl sites for hydroxylation is 1. The number of benzene rings is 2. The molecule has 0 saturated carbocycles. The van der Waals surface area contributed by atoms with Gasteiger partial charge in [0.05, 0.1) is 11.4 Å². The lowest BCUT2D eigenvalue weighted by Crippen LogP contribution is -1.90. The zero-order valence-corrected chi connectivity index (χ0v) is 11.7. The lowest BCUT2D eigenvalue weighted by atomic mass is 10.0. The van der Waals surface area contributed by atoms with E-state index in [4.69, 9.17) is 0 Å². The minimum Gasteiger partial charge on any atom is -0.211 e. The zero-order valence-electron chi connectivity index (χ0n) is 11.7. The fraction of sp³-hybridized carbons (Fsp3) is 0.176. The maximum Gasteiger partial charge on any atom is 0.240 e. The number of isocyanates is 2. The molecule has 0 heterocycles. The minimum absolute atomic E-state index is 0.596. The van der Waals surface area contributed by atoms with Crippen molar-refractivity contribution in [3.63, 3.8) is 0 Å². The second kappa shape index (κ2) is 7.11. The van der Waals surface area contributed by atoms with Gasteiger partial charge in [-0.1, -0.05) is 31.2 Å². The fourth-order valence-electron chi connectivity index (χ4n) is 2.17. The number of hydrogen-bond donors (Lipinski definition) is 0. The summed E-state index contributed by atoms with van der Waals surface area (Å²) in [6.07, 6.45) is 4.67. The third-order valence-corrected chi connectivity index (χ3v) is 3.21. The SMILES string of the molecule is CCc1cc(Cc2ccc(N=C=O)cc2)ccc1N=C=O. The molecule has 4 heteroatoms. The van der Waals surface area contributed by atoms with E-state index in [0.717, 1.165) is 29.5 Å². The molecule has 0 aliphatic rings. The van der Waals surface area contributed by atoms with Gasteiger partial charge in [-0.3, -0.25) is 0 Å². The van der Waals surface area contributed by atoms with Gasteiger partial charge in [0.15, 0.2) is 0 Å². The van der Waals surface area contributed by atoms with Crippen molar-refractivity contribution in [1.29, 1.82) is 0 Å². The van der Waals surface area contributed by atoms with Crippen molar-refractivity contribution >= 4 is 23.5 Å². The zero-order chi connectivity index (χ0) is 15.1. The molecule has 2 aromatic rings. The third kappa shape index (κ3) is 3.83. The van der Waals surface area contributed by atoms with E-state index in [9.17, 15) is 9.59 Å². The van der Waals surface area contributed by atoms with Crippen LogP contribution in [0, 0.1) is 0 Å². The summed E-state index contributed by atoms with van der Waals surface area (Å²) in [6, 6.07) is 13.3. The number of aliphatic imine (C=N–C) groups is 2. The van der Waals surface area contributed by atoms with E-state index in [1.807, 2.05) is 37.3 Å². The van der Waals surface area contributed by atoms with Crippen molar-refractivity contribution in [3.05, 3.63) is 59.2 Å². The van der Waals surface area contributed by atoms with Crippen molar-refractivity contribution in [1.82, 2.24) is 0 Å². The van der Waals surface area contributed by atoms with Crippen LogP contribution in [0.1, 0.15) is 23.6 Å². The van der Waals surface area contributed by atoms with Crippen LogP contribution < -0.4 is 0 Å². The topological polar surface area (TPSA) is 58.9 Å². The Kier molecular flexibility index (Phi) is 4.94. The summed E-state index contributed by atoms with van der Waals surface area (Å²) in [7, 11) is 0. The summed E-state index contributed by atoms with van der Waals surface area (Å²) in [5.41, 5.74) is 4.56. The molecule has 0 amide bonds. The Morgan fingerprint density at radius 2 is 1.57 bits per heavy atom. The molecule has 0 radical (unpaired) electrons. The van der Waals surface area contributed by atoms with Crippen molar-refractivity contribution in [2.24, 2.45) is 9.98 Å². The van der Waals surface area contributed by atoms with E-state index in [1.165, 1.54) is 6.08 Å². The predicted molar refractivity (Wildman–Crippen MR) is 80.6 cm³/mol. The van der Waals surface area contributed by atoms with E-state index >= 15 is 0 Å². The van der Waals surface area contributed by atoms with E-state index in [0.29, 0.717) is 11.4 Å². The van der Waals surface area contributed by atoms with Crippen LogP contribution in [0.2, 0.25) is 0 Å². The van der Waals surface area contributed by atoms with Crippen LogP contribution >= 0.6 is 0 Å². The van der Waals surface area contributed by atoms with Gasteiger partial charge in [0.25, 0.3) is 0 Å². The summed E-state index contributed by atoms with van der Waals surface area (Å²) < 4.78 is 0. The highest BCUT2D eigenvalue weighted by Gasteiger charge is 2.03. The molecule has 104 valence electrons. The Balaban J connectivity index is 2.22. The molecule has 2 rings (SSSR count). The van der Waals surface area contributed by atoms with Crippen molar-refractivity contribution in [3.8, 4) is 0 Å². The number of carbonyl (C=O) groups excluding carboxylic acids is 2. The Morgan fingerprint density at radius 3 is 2.19 bits per heavy atom. The Labute approximate surface area is 122 Å².